The second-order valence-corrected chi connectivity index (χ2v) is 5.36. The first-order valence-corrected chi connectivity index (χ1v) is 7.80. The van der Waals surface area contributed by atoms with Crippen molar-refractivity contribution in [1.29, 1.82) is 0 Å². The molecule has 0 saturated heterocycles. The number of amides is 1. The molecule has 4 heteroatoms. The zero-order valence-electron chi connectivity index (χ0n) is 13.7. The van der Waals surface area contributed by atoms with E-state index in [4.69, 9.17) is 4.74 Å². The smallest absolute Gasteiger partial charge is 0.328 e. The number of benzene rings is 2. The van der Waals surface area contributed by atoms with Crippen LogP contribution < -0.4 is 5.32 Å². The molecule has 0 spiro atoms. The lowest BCUT2D eigenvalue weighted by Gasteiger charge is -2.16. The van der Waals surface area contributed by atoms with Gasteiger partial charge in [-0.05, 0) is 36.1 Å². The molecule has 124 valence electrons. The lowest BCUT2D eigenvalue weighted by molar-refractivity contribution is -0.143. The van der Waals surface area contributed by atoms with Crippen molar-refractivity contribution in [3.05, 3.63) is 72.8 Å². The zero-order valence-corrected chi connectivity index (χ0v) is 13.7. The number of methoxy groups -OCH3 is 1. The van der Waals surface area contributed by atoms with E-state index >= 15 is 0 Å². The molecule has 24 heavy (non-hydrogen) atoms. The first kappa shape index (κ1) is 17.5. The van der Waals surface area contributed by atoms with Crippen LogP contribution >= 0.6 is 0 Å². The van der Waals surface area contributed by atoms with Gasteiger partial charge >= 0.3 is 5.97 Å². The maximum Gasteiger partial charge on any atom is 0.328 e. The number of hydrogen-bond donors (Lipinski definition) is 1. The minimum atomic E-state index is -0.672. The highest BCUT2D eigenvalue weighted by Gasteiger charge is 2.21. The summed E-state index contributed by atoms with van der Waals surface area (Å²) >= 11 is 0. The maximum absolute atomic E-state index is 12.3. The van der Waals surface area contributed by atoms with Gasteiger partial charge < -0.3 is 10.1 Å². The molecule has 1 N–H and O–H groups in total. The number of carbonyl (C=O) groups excluding carboxylic acids is 2. The van der Waals surface area contributed by atoms with Crippen LogP contribution in [-0.2, 0) is 9.53 Å². The van der Waals surface area contributed by atoms with Gasteiger partial charge in [0.25, 0.3) is 5.91 Å². The van der Waals surface area contributed by atoms with Crippen molar-refractivity contribution in [2.75, 3.05) is 7.11 Å². The Morgan fingerprint density at radius 2 is 1.71 bits per heavy atom. The van der Waals surface area contributed by atoms with Gasteiger partial charge in [0.15, 0.2) is 0 Å². The molecule has 1 atom stereocenters. The fourth-order valence-corrected chi connectivity index (χ4v) is 2.36. The lowest BCUT2D eigenvalue weighted by Crippen LogP contribution is -2.41. The molecule has 2 aromatic rings. The van der Waals surface area contributed by atoms with E-state index < -0.39 is 12.0 Å². The van der Waals surface area contributed by atoms with Crippen molar-refractivity contribution in [1.82, 2.24) is 5.32 Å². The molecule has 0 unspecified atom stereocenters. The first-order chi connectivity index (χ1) is 11.7. The van der Waals surface area contributed by atoms with Gasteiger partial charge in [-0.25, -0.2) is 4.79 Å². The predicted octanol–water partition coefficient (Wildman–Crippen LogP) is 3.59. The standard InChI is InChI=1S/C20H21NO3/c1-3-4-10-18(20(23)24-2)21-19(22)17-13-11-16(12-14-17)15-8-6-5-7-9-15/h3,5-9,11-14,18H,1,4,10H2,2H3,(H,21,22)/t18-/m0/s1. The number of allylic oxidation sites excluding steroid dienone is 1. The Labute approximate surface area is 142 Å². The average molecular weight is 323 g/mol. The zero-order chi connectivity index (χ0) is 17.4. The van der Waals surface area contributed by atoms with Gasteiger partial charge in [0, 0.05) is 5.56 Å². The van der Waals surface area contributed by atoms with E-state index in [9.17, 15) is 9.59 Å². The molecule has 0 aliphatic rings. The van der Waals surface area contributed by atoms with E-state index in [2.05, 4.69) is 11.9 Å². The number of rotatable bonds is 7. The van der Waals surface area contributed by atoms with E-state index in [1.165, 1.54) is 7.11 Å². The van der Waals surface area contributed by atoms with Gasteiger partial charge in [0.1, 0.15) is 6.04 Å². The number of ether oxygens (including phenoxy) is 1. The first-order valence-electron chi connectivity index (χ1n) is 7.80. The second-order valence-electron chi connectivity index (χ2n) is 5.36. The normalized spacial score (nSPS) is 11.4. The fourth-order valence-electron chi connectivity index (χ4n) is 2.36. The summed E-state index contributed by atoms with van der Waals surface area (Å²) in [5.74, 6) is -0.750. The van der Waals surface area contributed by atoms with Crippen molar-refractivity contribution in [3.63, 3.8) is 0 Å². The Kier molecular flexibility index (Phi) is 6.32. The van der Waals surface area contributed by atoms with Crippen LogP contribution in [0.3, 0.4) is 0 Å². The number of nitrogens with one attached hydrogen (secondary N) is 1. The Morgan fingerprint density at radius 1 is 1.08 bits per heavy atom. The van der Waals surface area contributed by atoms with Crippen LogP contribution in [0.5, 0.6) is 0 Å². The van der Waals surface area contributed by atoms with Gasteiger partial charge in [0.2, 0.25) is 0 Å². The third-order valence-electron chi connectivity index (χ3n) is 3.70. The molecule has 0 saturated carbocycles. The van der Waals surface area contributed by atoms with Crippen LogP contribution in [0.1, 0.15) is 23.2 Å². The number of carbonyl (C=O) groups is 2. The van der Waals surface area contributed by atoms with Crippen molar-refractivity contribution >= 4 is 11.9 Å². The Hall–Kier alpha value is -2.88. The largest absolute Gasteiger partial charge is 0.467 e. The molecule has 4 nitrogen and oxygen atoms in total. The van der Waals surface area contributed by atoms with Gasteiger partial charge in [-0.15, -0.1) is 6.58 Å². The molecule has 0 radical (unpaired) electrons. The summed E-state index contributed by atoms with van der Waals surface area (Å²) in [5.41, 5.74) is 2.62. The van der Waals surface area contributed by atoms with Crippen molar-refractivity contribution in [3.8, 4) is 11.1 Å². The van der Waals surface area contributed by atoms with E-state index in [1.807, 2.05) is 42.5 Å². The minimum Gasteiger partial charge on any atom is -0.467 e. The van der Waals surface area contributed by atoms with Gasteiger partial charge in [-0.2, -0.15) is 0 Å². The Bertz CT molecular complexity index is 693. The topological polar surface area (TPSA) is 55.4 Å². The van der Waals surface area contributed by atoms with Crippen molar-refractivity contribution in [2.24, 2.45) is 0 Å². The highest BCUT2D eigenvalue weighted by Crippen LogP contribution is 2.19. The molecular formula is C20H21NO3. The van der Waals surface area contributed by atoms with Crippen LogP contribution in [0.15, 0.2) is 67.3 Å². The van der Waals surface area contributed by atoms with E-state index in [0.29, 0.717) is 18.4 Å². The molecular weight excluding hydrogens is 302 g/mol. The highest BCUT2D eigenvalue weighted by atomic mass is 16.5. The predicted molar refractivity (Wildman–Crippen MR) is 94.6 cm³/mol. The Morgan fingerprint density at radius 3 is 2.29 bits per heavy atom. The average Bonchev–Trinajstić information content (AvgIpc) is 2.65. The van der Waals surface area contributed by atoms with E-state index in [-0.39, 0.29) is 5.91 Å². The highest BCUT2D eigenvalue weighted by molar-refractivity contribution is 5.97. The molecule has 0 fully saturated rings. The molecule has 1 amide bonds. The molecule has 0 heterocycles. The summed E-state index contributed by atoms with van der Waals surface area (Å²) in [6, 6.07) is 16.5. The minimum absolute atomic E-state index is 0.297. The summed E-state index contributed by atoms with van der Waals surface area (Å²) in [5, 5.41) is 2.72. The molecule has 0 aliphatic heterocycles. The van der Waals surface area contributed by atoms with Gasteiger partial charge in [0.05, 0.1) is 7.11 Å². The molecule has 0 aromatic heterocycles. The Balaban J connectivity index is 2.08. The lowest BCUT2D eigenvalue weighted by atomic mass is 10.0. The third kappa shape index (κ3) is 4.56. The third-order valence-corrected chi connectivity index (χ3v) is 3.70. The summed E-state index contributed by atoms with van der Waals surface area (Å²) in [7, 11) is 1.31. The van der Waals surface area contributed by atoms with E-state index in [1.54, 1.807) is 18.2 Å². The number of esters is 1. The SMILES string of the molecule is C=CCC[C@H](NC(=O)c1ccc(-c2ccccc2)cc1)C(=O)OC. The van der Waals surface area contributed by atoms with Crippen molar-refractivity contribution < 1.29 is 14.3 Å². The monoisotopic (exact) mass is 323 g/mol. The number of hydrogen-bond acceptors (Lipinski definition) is 3. The van der Waals surface area contributed by atoms with Crippen LogP contribution in [0.2, 0.25) is 0 Å². The summed E-state index contributed by atoms with van der Waals surface area (Å²) < 4.78 is 4.74. The molecule has 2 rings (SSSR count). The van der Waals surface area contributed by atoms with Crippen LogP contribution in [0.25, 0.3) is 11.1 Å². The summed E-state index contributed by atoms with van der Waals surface area (Å²) in [6.07, 6.45) is 2.79. The fraction of sp³-hybridized carbons (Fsp3) is 0.200. The summed E-state index contributed by atoms with van der Waals surface area (Å²) in [4.78, 5) is 24.1. The van der Waals surface area contributed by atoms with Crippen molar-refractivity contribution in [2.45, 2.75) is 18.9 Å². The quantitative estimate of drug-likeness (QED) is 0.626. The summed E-state index contributed by atoms with van der Waals surface area (Å²) in [6.45, 7) is 3.63. The molecule has 2 aromatic carbocycles. The molecule has 0 bridgehead atoms. The van der Waals surface area contributed by atoms with Crippen LogP contribution in [0, 0.1) is 0 Å². The van der Waals surface area contributed by atoms with Gasteiger partial charge in [-0.1, -0.05) is 48.5 Å². The van der Waals surface area contributed by atoms with Crippen LogP contribution in [0.4, 0.5) is 0 Å². The van der Waals surface area contributed by atoms with E-state index in [0.717, 1.165) is 11.1 Å². The van der Waals surface area contributed by atoms with Gasteiger partial charge in [-0.3, -0.25) is 4.79 Å². The maximum atomic E-state index is 12.3. The second kappa shape index (κ2) is 8.67. The van der Waals surface area contributed by atoms with Crippen LogP contribution in [-0.4, -0.2) is 25.0 Å². The molecule has 0 aliphatic carbocycles.